The van der Waals surface area contributed by atoms with Crippen LogP contribution in [0.25, 0.3) is 0 Å². The van der Waals surface area contributed by atoms with Crippen molar-refractivity contribution < 1.29 is 24.9 Å². The molecule has 5 heteroatoms. The summed E-state index contributed by atoms with van der Waals surface area (Å²) in [5.74, 6) is 0.202. The van der Waals surface area contributed by atoms with Gasteiger partial charge in [0.2, 0.25) is 0 Å². The highest BCUT2D eigenvalue weighted by Crippen LogP contribution is 2.24. The van der Waals surface area contributed by atoms with Crippen LogP contribution >= 0.6 is 0 Å². The number of ether oxygens (including phenoxy) is 1. The summed E-state index contributed by atoms with van der Waals surface area (Å²) in [6.45, 7) is 0. The third kappa shape index (κ3) is 4.23. The average Bonchev–Trinajstić information content (AvgIpc) is 2.43. The fourth-order valence-corrected chi connectivity index (χ4v) is 1.24. The molecule has 0 aliphatic rings. The van der Waals surface area contributed by atoms with Crippen molar-refractivity contribution in [2.24, 2.45) is 0 Å². The maximum atomic E-state index is 10.1. The predicted octanol–water partition coefficient (Wildman–Crippen LogP) is 2.31. The fraction of sp³-hybridized carbons (Fsp3) is 0.0714. The molecule has 100 valence electrons. The summed E-state index contributed by atoms with van der Waals surface area (Å²) in [5.41, 5.74) is 0.343. The maximum absolute atomic E-state index is 10.1. The first kappa shape index (κ1) is 14.4. The number of phenols is 3. The highest BCUT2D eigenvalue weighted by Gasteiger charge is 1.97. The number of aromatic hydroxyl groups is 3. The lowest BCUT2D eigenvalue weighted by atomic mass is 10.2. The van der Waals surface area contributed by atoms with E-state index in [1.54, 1.807) is 24.3 Å². The van der Waals surface area contributed by atoms with Crippen LogP contribution in [0.1, 0.15) is 10.4 Å². The Morgan fingerprint density at radius 2 is 1.63 bits per heavy atom. The zero-order valence-corrected chi connectivity index (χ0v) is 10.3. The molecule has 2 rings (SSSR count). The van der Waals surface area contributed by atoms with Gasteiger partial charge in [-0.05, 0) is 30.3 Å². The smallest absolute Gasteiger partial charge is 0.160 e. The van der Waals surface area contributed by atoms with E-state index in [1.807, 2.05) is 0 Å². The molecule has 5 nitrogen and oxygen atoms in total. The predicted molar refractivity (Wildman–Crippen MR) is 69.8 cm³/mol. The molecular formula is C14H14O5. The van der Waals surface area contributed by atoms with Gasteiger partial charge in [-0.2, -0.15) is 0 Å². The van der Waals surface area contributed by atoms with Crippen LogP contribution in [0.4, 0.5) is 0 Å². The molecule has 0 bridgehead atoms. The molecule has 0 saturated carbocycles. The number of aldehydes is 1. The summed E-state index contributed by atoms with van der Waals surface area (Å²) in [5, 5.41) is 26.6. The van der Waals surface area contributed by atoms with Crippen molar-refractivity contribution in [3.63, 3.8) is 0 Å². The third-order valence-electron chi connectivity index (χ3n) is 2.22. The van der Waals surface area contributed by atoms with Crippen LogP contribution in [0.3, 0.4) is 0 Å². The van der Waals surface area contributed by atoms with Gasteiger partial charge in [0.25, 0.3) is 0 Å². The van der Waals surface area contributed by atoms with E-state index in [-0.39, 0.29) is 17.2 Å². The Bertz CT molecular complexity index is 551. The van der Waals surface area contributed by atoms with E-state index < -0.39 is 0 Å². The molecule has 0 radical (unpaired) electrons. The summed E-state index contributed by atoms with van der Waals surface area (Å²) in [4.78, 5) is 10.1. The van der Waals surface area contributed by atoms with Crippen LogP contribution in [0.5, 0.6) is 23.0 Å². The van der Waals surface area contributed by atoms with E-state index in [4.69, 9.17) is 20.1 Å². The number of hydrogen-bond acceptors (Lipinski definition) is 5. The maximum Gasteiger partial charge on any atom is 0.160 e. The average molecular weight is 262 g/mol. The first-order chi connectivity index (χ1) is 9.08. The monoisotopic (exact) mass is 262 g/mol. The molecule has 0 aliphatic carbocycles. The van der Waals surface area contributed by atoms with Crippen LogP contribution in [0.15, 0.2) is 42.5 Å². The van der Waals surface area contributed by atoms with E-state index in [0.717, 1.165) is 0 Å². The highest BCUT2D eigenvalue weighted by atomic mass is 16.5. The summed E-state index contributed by atoms with van der Waals surface area (Å²) >= 11 is 0. The van der Waals surface area contributed by atoms with Crippen LogP contribution < -0.4 is 4.74 Å². The lowest BCUT2D eigenvalue weighted by Crippen LogP contribution is -1.80. The fourth-order valence-electron chi connectivity index (χ4n) is 1.24. The molecule has 0 amide bonds. The summed E-state index contributed by atoms with van der Waals surface area (Å²) in [6.07, 6.45) is 0.596. The molecule has 2 aromatic carbocycles. The van der Waals surface area contributed by atoms with Gasteiger partial charge in [0.05, 0.1) is 7.11 Å². The minimum absolute atomic E-state index is 0.181. The quantitative estimate of drug-likeness (QED) is 0.571. The summed E-state index contributed by atoms with van der Waals surface area (Å²) in [7, 11) is 1.52. The lowest BCUT2D eigenvalue weighted by Gasteiger charge is -1.99. The van der Waals surface area contributed by atoms with Gasteiger partial charge in [-0.25, -0.2) is 0 Å². The number of rotatable bonds is 2. The SMILES string of the molecule is COc1ccccc1O.O=Cc1ccc(O)c(O)c1. The molecule has 0 heterocycles. The second-order valence-corrected chi connectivity index (χ2v) is 3.54. The molecule has 2 aromatic rings. The largest absolute Gasteiger partial charge is 0.504 e. The normalized spacial score (nSPS) is 9.11. The molecule has 0 fully saturated rings. The molecule has 0 saturated heterocycles. The van der Waals surface area contributed by atoms with Crippen LogP contribution in [-0.4, -0.2) is 28.7 Å². The molecule has 0 spiro atoms. The molecule has 0 unspecified atom stereocenters. The zero-order chi connectivity index (χ0) is 14.3. The van der Waals surface area contributed by atoms with E-state index in [9.17, 15) is 4.79 Å². The Balaban J connectivity index is 0.000000191. The molecule has 0 atom stereocenters. The standard InChI is InChI=1S/C7H6O3.C7H8O2/c8-4-5-1-2-6(9)7(10)3-5;1-9-7-5-3-2-4-6(7)8/h1-4,9-10H;2-5,8H,1H3. The molecular weight excluding hydrogens is 248 g/mol. The van der Waals surface area contributed by atoms with Gasteiger partial charge < -0.3 is 20.1 Å². The highest BCUT2D eigenvalue weighted by molar-refractivity contribution is 5.76. The Kier molecular flexibility index (Phi) is 5.22. The topological polar surface area (TPSA) is 87.0 Å². The Labute approximate surface area is 110 Å². The summed E-state index contributed by atoms with van der Waals surface area (Å²) < 4.78 is 4.79. The van der Waals surface area contributed by atoms with Crippen LogP contribution in [-0.2, 0) is 0 Å². The minimum atomic E-state index is -0.274. The number of para-hydroxylation sites is 2. The van der Waals surface area contributed by atoms with Crippen molar-refractivity contribution >= 4 is 6.29 Å². The molecule has 19 heavy (non-hydrogen) atoms. The van der Waals surface area contributed by atoms with Gasteiger partial charge in [0.1, 0.15) is 6.29 Å². The van der Waals surface area contributed by atoms with Gasteiger partial charge >= 0.3 is 0 Å². The Hall–Kier alpha value is -2.69. The number of hydrogen-bond donors (Lipinski definition) is 3. The van der Waals surface area contributed by atoms with Crippen molar-refractivity contribution in [2.75, 3.05) is 7.11 Å². The number of methoxy groups -OCH3 is 1. The Morgan fingerprint density at radius 3 is 2.11 bits per heavy atom. The van der Waals surface area contributed by atoms with Crippen LogP contribution in [0, 0.1) is 0 Å². The second-order valence-electron chi connectivity index (χ2n) is 3.54. The first-order valence-electron chi connectivity index (χ1n) is 5.37. The molecule has 0 aliphatic heterocycles. The van der Waals surface area contributed by atoms with Gasteiger partial charge in [0, 0.05) is 5.56 Å². The van der Waals surface area contributed by atoms with E-state index in [1.165, 1.54) is 25.3 Å². The van der Waals surface area contributed by atoms with Gasteiger partial charge in [-0.1, -0.05) is 12.1 Å². The van der Waals surface area contributed by atoms with E-state index in [2.05, 4.69) is 0 Å². The minimum Gasteiger partial charge on any atom is -0.504 e. The molecule has 0 aromatic heterocycles. The number of phenolic OH excluding ortho intramolecular Hbond substituents is 3. The van der Waals surface area contributed by atoms with Crippen molar-refractivity contribution in [1.82, 2.24) is 0 Å². The lowest BCUT2D eigenvalue weighted by molar-refractivity contribution is 0.112. The molecule has 3 N–H and O–H groups in total. The number of carbonyl (C=O) groups is 1. The van der Waals surface area contributed by atoms with Crippen molar-refractivity contribution in [2.45, 2.75) is 0 Å². The van der Waals surface area contributed by atoms with Crippen molar-refractivity contribution in [1.29, 1.82) is 0 Å². The van der Waals surface area contributed by atoms with Gasteiger partial charge in [-0.15, -0.1) is 0 Å². The van der Waals surface area contributed by atoms with Crippen molar-refractivity contribution in [3.8, 4) is 23.0 Å². The number of benzene rings is 2. The Morgan fingerprint density at radius 1 is 0.947 bits per heavy atom. The van der Waals surface area contributed by atoms with E-state index >= 15 is 0 Å². The number of carbonyl (C=O) groups excluding carboxylic acids is 1. The van der Waals surface area contributed by atoms with E-state index in [0.29, 0.717) is 17.6 Å². The third-order valence-corrected chi connectivity index (χ3v) is 2.22. The van der Waals surface area contributed by atoms with Crippen LogP contribution in [0.2, 0.25) is 0 Å². The van der Waals surface area contributed by atoms with Gasteiger partial charge in [0.15, 0.2) is 23.0 Å². The zero-order valence-electron chi connectivity index (χ0n) is 10.3. The summed E-state index contributed by atoms with van der Waals surface area (Å²) in [6, 6.07) is 10.7. The second kappa shape index (κ2) is 6.90. The van der Waals surface area contributed by atoms with Gasteiger partial charge in [-0.3, -0.25) is 4.79 Å². The first-order valence-corrected chi connectivity index (χ1v) is 5.37. The van der Waals surface area contributed by atoms with Crippen molar-refractivity contribution in [3.05, 3.63) is 48.0 Å².